The summed E-state index contributed by atoms with van der Waals surface area (Å²) in [6.45, 7) is 2.03. The van der Waals surface area contributed by atoms with E-state index in [1.165, 1.54) is 6.26 Å². The fourth-order valence-corrected chi connectivity index (χ4v) is 3.22. The van der Waals surface area contributed by atoms with Crippen molar-refractivity contribution in [2.45, 2.75) is 38.3 Å². The second-order valence-corrected chi connectivity index (χ2v) is 6.03. The Morgan fingerprint density at radius 1 is 1.46 bits per heavy atom. The fraction of sp³-hybridized carbons (Fsp3) is 0.389. The van der Waals surface area contributed by atoms with Gasteiger partial charge in [-0.2, -0.15) is 0 Å². The van der Waals surface area contributed by atoms with Crippen molar-refractivity contribution in [3.8, 4) is 0 Å². The molecular weight excluding hydrogens is 306 g/mol. The molecule has 1 aliphatic heterocycles. The Kier molecular flexibility index (Phi) is 4.64. The molecule has 0 aliphatic carbocycles. The zero-order valence-corrected chi connectivity index (χ0v) is 13.9. The van der Waals surface area contributed by atoms with Crippen LogP contribution in [0.25, 0.3) is 0 Å². The van der Waals surface area contributed by atoms with Crippen LogP contribution in [0.15, 0.2) is 41.3 Å². The average molecular weight is 327 g/mol. The van der Waals surface area contributed by atoms with Gasteiger partial charge in [0.1, 0.15) is 5.76 Å². The van der Waals surface area contributed by atoms with Gasteiger partial charge >= 0.3 is 0 Å². The van der Waals surface area contributed by atoms with Gasteiger partial charge in [0, 0.05) is 32.3 Å². The Hall–Kier alpha value is -2.63. The third-order valence-electron chi connectivity index (χ3n) is 4.40. The average Bonchev–Trinajstić information content (AvgIpc) is 3.14. The number of aryl methyl sites for hydroxylation is 1. The molecule has 0 spiro atoms. The van der Waals surface area contributed by atoms with Crippen molar-refractivity contribution >= 4 is 11.8 Å². The van der Waals surface area contributed by atoms with E-state index < -0.39 is 0 Å². The molecule has 1 N–H and O–H groups in total. The lowest BCUT2D eigenvalue weighted by Crippen LogP contribution is -2.39. The summed E-state index contributed by atoms with van der Waals surface area (Å²) in [5, 5.41) is 3.00. The highest BCUT2D eigenvalue weighted by atomic mass is 16.3. The second kappa shape index (κ2) is 6.86. The number of pyridine rings is 1. The smallest absolute Gasteiger partial charge is 0.255 e. The number of likely N-dealkylation sites (tertiary alicyclic amines) is 1. The number of furan rings is 1. The summed E-state index contributed by atoms with van der Waals surface area (Å²) >= 11 is 0. The van der Waals surface area contributed by atoms with E-state index in [9.17, 15) is 9.59 Å². The van der Waals surface area contributed by atoms with Crippen molar-refractivity contribution in [3.05, 3.63) is 53.7 Å². The summed E-state index contributed by atoms with van der Waals surface area (Å²) < 4.78 is 5.40. The predicted molar refractivity (Wildman–Crippen MR) is 88.3 cm³/mol. The number of likely N-dealkylation sites (N-methyl/N-ethyl adjacent to an activating group) is 1. The molecule has 2 amide bonds. The zero-order valence-electron chi connectivity index (χ0n) is 13.9. The lowest BCUT2D eigenvalue weighted by Gasteiger charge is -2.25. The summed E-state index contributed by atoms with van der Waals surface area (Å²) in [6, 6.07) is 4.94. The molecule has 6 heteroatoms. The van der Waals surface area contributed by atoms with Gasteiger partial charge in [0.05, 0.1) is 23.9 Å². The quantitative estimate of drug-likeness (QED) is 0.914. The van der Waals surface area contributed by atoms with Crippen molar-refractivity contribution in [2.24, 2.45) is 0 Å². The Morgan fingerprint density at radius 3 is 3.00 bits per heavy atom. The molecule has 3 rings (SSSR count). The predicted octanol–water partition coefficient (Wildman–Crippen LogP) is 2.33. The largest absolute Gasteiger partial charge is 0.469 e. The highest BCUT2D eigenvalue weighted by Crippen LogP contribution is 2.31. The van der Waals surface area contributed by atoms with Gasteiger partial charge in [-0.15, -0.1) is 0 Å². The van der Waals surface area contributed by atoms with Crippen LogP contribution in [0, 0.1) is 0 Å². The molecule has 2 aromatic heterocycles. The van der Waals surface area contributed by atoms with Crippen LogP contribution < -0.4 is 5.32 Å². The third-order valence-corrected chi connectivity index (χ3v) is 4.40. The first kappa shape index (κ1) is 16.2. The van der Waals surface area contributed by atoms with Crippen molar-refractivity contribution in [2.75, 3.05) is 7.05 Å². The Labute approximate surface area is 140 Å². The minimum absolute atomic E-state index is 0.00938. The van der Waals surface area contributed by atoms with Gasteiger partial charge in [0.15, 0.2) is 0 Å². The van der Waals surface area contributed by atoms with E-state index in [0.29, 0.717) is 17.7 Å². The number of aromatic nitrogens is 1. The van der Waals surface area contributed by atoms with E-state index in [1.807, 2.05) is 19.1 Å². The van der Waals surface area contributed by atoms with Crippen LogP contribution in [0.4, 0.5) is 0 Å². The minimum atomic E-state index is -0.288. The molecule has 24 heavy (non-hydrogen) atoms. The van der Waals surface area contributed by atoms with Crippen LogP contribution in [-0.4, -0.2) is 34.8 Å². The summed E-state index contributed by atoms with van der Waals surface area (Å²) in [6.07, 6.45) is 6.85. The Balaban J connectivity index is 1.81. The first-order valence-corrected chi connectivity index (χ1v) is 8.14. The summed E-state index contributed by atoms with van der Waals surface area (Å²) in [4.78, 5) is 30.6. The molecule has 0 radical (unpaired) electrons. The van der Waals surface area contributed by atoms with Gasteiger partial charge in [-0.25, -0.2) is 0 Å². The monoisotopic (exact) mass is 327 g/mol. The molecule has 6 nitrogen and oxygen atoms in total. The summed E-state index contributed by atoms with van der Waals surface area (Å²) in [7, 11) is 1.76. The molecular formula is C18H21N3O3. The van der Waals surface area contributed by atoms with Gasteiger partial charge in [0.25, 0.3) is 5.91 Å². The topological polar surface area (TPSA) is 75.4 Å². The van der Waals surface area contributed by atoms with Crippen LogP contribution in [-0.2, 0) is 11.2 Å². The van der Waals surface area contributed by atoms with Crippen LogP contribution >= 0.6 is 0 Å². The molecule has 1 saturated heterocycles. The number of hydrogen-bond donors (Lipinski definition) is 1. The number of nitrogens with zero attached hydrogens (tertiary/aromatic N) is 2. The number of carbonyl (C=O) groups excluding carboxylic acids is 2. The van der Waals surface area contributed by atoms with E-state index in [2.05, 4.69) is 10.3 Å². The zero-order chi connectivity index (χ0) is 17.1. The van der Waals surface area contributed by atoms with Crippen molar-refractivity contribution in [3.63, 3.8) is 0 Å². The normalized spacial score (nSPS) is 20.4. The molecule has 1 aliphatic rings. The maximum atomic E-state index is 12.6. The van der Waals surface area contributed by atoms with Gasteiger partial charge in [-0.05, 0) is 24.1 Å². The third kappa shape index (κ3) is 3.04. The van der Waals surface area contributed by atoms with Gasteiger partial charge in [-0.1, -0.05) is 13.0 Å². The highest BCUT2D eigenvalue weighted by molar-refractivity contribution is 5.96. The van der Waals surface area contributed by atoms with Crippen LogP contribution in [0.2, 0.25) is 0 Å². The number of carbonyl (C=O) groups is 2. The maximum Gasteiger partial charge on any atom is 0.255 e. The molecule has 0 aromatic carbocycles. The van der Waals surface area contributed by atoms with Crippen LogP contribution in [0.5, 0.6) is 0 Å². The van der Waals surface area contributed by atoms with Gasteiger partial charge < -0.3 is 14.6 Å². The first-order valence-electron chi connectivity index (χ1n) is 8.14. The lowest BCUT2D eigenvalue weighted by atomic mass is 10.0. The van der Waals surface area contributed by atoms with Crippen LogP contribution in [0.1, 0.15) is 47.5 Å². The molecule has 0 unspecified atom stereocenters. The molecule has 3 heterocycles. The standard InChI is InChI=1S/C18H21N3O3/c1-3-5-15-13(7-9-24-15)18(23)20-14-10-16(22)21(2)17(14)12-6-4-8-19-11-12/h4,6-9,11,14,17H,3,5,10H2,1-2H3,(H,20,23)/t14-,17+/m1/s1. The Bertz CT molecular complexity index is 726. The van der Waals surface area contributed by atoms with Crippen molar-refractivity contribution in [1.82, 2.24) is 15.2 Å². The molecule has 1 fully saturated rings. The molecule has 2 atom stereocenters. The van der Waals surface area contributed by atoms with E-state index in [0.717, 1.165) is 12.0 Å². The number of nitrogens with one attached hydrogen (secondary N) is 1. The minimum Gasteiger partial charge on any atom is -0.469 e. The van der Waals surface area contributed by atoms with Gasteiger partial charge in [-0.3, -0.25) is 14.6 Å². The second-order valence-electron chi connectivity index (χ2n) is 6.03. The molecule has 126 valence electrons. The lowest BCUT2D eigenvalue weighted by molar-refractivity contribution is -0.127. The SMILES string of the molecule is CCCc1occc1C(=O)N[C@@H]1CC(=O)N(C)[C@H]1c1cccnc1. The van der Waals surface area contributed by atoms with E-state index in [-0.39, 0.29) is 30.3 Å². The number of rotatable bonds is 5. The fourth-order valence-electron chi connectivity index (χ4n) is 3.22. The molecule has 0 saturated carbocycles. The summed E-state index contributed by atoms with van der Waals surface area (Å²) in [5.74, 6) is 0.495. The Morgan fingerprint density at radius 2 is 2.29 bits per heavy atom. The first-order chi connectivity index (χ1) is 11.6. The van der Waals surface area contributed by atoms with Crippen molar-refractivity contribution < 1.29 is 14.0 Å². The summed E-state index contributed by atoms with van der Waals surface area (Å²) in [5.41, 5.74) is 1.46. The number of amides is 2. The highest BCUT2D eigenvalue weighted by Gasteiger charge is 2.39. The van der Waals surface area contributed by atoms with E-state index in [4.69, 9.17) is 4.42 Å². The molecule has 2 aromatic rings. The molecule has 0 bridgehead atoms. The van der Waals surface area contributed by atoms with E-state index in [1.54, 1.807) is 30.4 Å². The van der Waals surface area contributed by atoms with Gasteiger partial charge in [0.2, 0.25) is 5.91 Å². The van der Waals surface area contributed by atoms with E-state index >= 15 is 0 Å². The van der Waals surface area contributed by atoms with Crippen LogP contribution in [0.3, 0.4) is 0 Å². The van der Waals surface area contributed by atoms with Crippen molar-refractivity contribution in [1.29, 1.82) is 0 Å². The number of hydrogen-bond acceptors (Lipinski definition) is 4. The maximum absolute atomic E-state index is 12.6.